The quantitative estimate of drug-likeness (QED) is 0.288. The van der Waals surface area contributed by atoms with Crippen molar-refractivity contribution >= 4 is 23.7 Å². The Bertz CT molecular complexity index is 976. The van der Waals surface area contributed by atoms with Crippen LogP contribution in [0.1, 0.15) is 24.0 Å². The van der Waals surface area contributed by atoms with E-state index in [1.54, 1.807) is 55.7 Å². The molecule has 0 unspecified atom stereocenters. The lowest BCUT2D eigenvalue weighted by Crippen LogP contribution is -2.02. The van der Waals surface area contributed by atoms with Crippen molar-refractivity contribution < 1.29 is 33.6 Å². The van der Waals surface area contributed by atoms with Crippen molar-refractivity contribution in [2.75, 3.05) is 34.5 Å². The number of hydrogen-bond donors (Lipinski definition) is 1. The molecule has 0 bridgehead atoms. The summed E-state index contributed by atoms with van der Waals surface area (Å²) in [6.45, 7) is 0.424. The number of aliphatic hydroxyl groups excluding tert-OH is 1. The molecule has 0 spiro atoms. The van der Waals surface area contributed by atoms with E-state index in [1.807, 2.05) is 0 Å². The summed E-state index contributed by atoms with van der Waals surface area (Å²) in [6.07, 6.45) is 6.26. The minimum Gasteiger partial charge on any atom is -0.493 e. The number of allylic oxidation sites excluding steroid dienone is 2. The molecule has 0 saturated heterocycles. The Morgan fingerprint density at radius 2 is 1.28 bits per heavy atom. The molecule has 170 valence electrons. The van der Waals surface area contributed by atoms with E-state index in [0.29, 0.717) is 36.0 Å². The normalized spacial score (nSPS) is 11.0. The van der Waals surface area contributed by atoms with Crippen LogP contribution in [0, 0.1) is 0 Å². The molecule has 0 radical (unpaired) electrons. The fraction of sp³-hybridized carbons (Fsp3) is 0.280. The molecular weight excluding hydrogens is 412 g/mol. The topological polar surface area (TPSA) is 91.3 Å². The predicted molar refractivity (Wildman–Crippen MR) is 122 cm³/mol. The second-order valence-electron chi connectivity index (χ2n) is 6.73. The molecule has 0 aliphatic carbocycles. The van der Waals surface area contributed by atoms with E-state index < -0.39 is 0 Å². The van der Waals surface area contributed by atoms with Crippen molar-refractivity contribution in [2.24, 2.45) is 0 Å². The van der Waals surface area contributed by atoms with E-state index >= 15 is 0 Å². The van der Waals surface area contributed by atoms with E-state index in [9.17, 15) is 9.59 Å². The molecule has 1 N–H and O–H groups in total. The molecule has 0 aliphatic rings. The van der Waals surface area contributed by atoms with Crippen LogP contribution in [0.25, 0.3) is 12.2 Å². The van der Waals surface area contributed by atoms with Gasteiger partial charge in [0.15, 0.2) is 34.6 Å². The largest absolute Gasteiger partial charge is 0.493 e. The van der Waals surface area contributed by atoms with Crippen LogP contribution in [0.3, 0.4) is 0 Å². The molecule has 0 aliphatic heterocycles. The highest BCUT2D eigenvalue weighted by atomic mass is 16.5. The van der Waals surface area contributed by atoms with Crippen molar-refractivity contribution in [3.05, 3.63) is 59.7 Å². The van der Waals surface area contributed by atoms with Crippen LogP contribution >= 0.6 is 0 Å². The zero-order valence-electron chi connectivity index (χ0n) is 18.5. The van der Waals surface area contributed by atoms with Gasteiger partial charge in [0.2, 0.25) is 0 Å². The molecule has 7 heteroatoms. The van der Waals surface area contributed by atoms with Crippen LogP contribution in [0.2, 0.25) is 0 Å². The molecule has 0 heterocycles. The highest BCUT2D eigenvalue weighted by Crippen LogP contribution is 2.29. The molecule has 0 saturated carbocycles. The maximum Gasteiger partial charge on any atom is 0.163 e. The number of carbonyl (C=O) groups excluding carboxylic acids is 2. The monoisotopic (exact) mass is 440 g/mol. The Labute approximate surface area is 187 Å². The Morgan fingerprint density at radius 1 is 0.781 bits per heavy atom. The number of carbonyl (C=O) groups is 2. The van der Waals surface area contributed by atoms with Gasteiger partial charge in [0.25, 0.3) is 0 Å². The fourth-order valence-electron chi connectivity index (χ4n) is 2.78. The molecule has 0 aromatic heterocycles. The van der Waals surface area contributed by atoms with Crippen LogP contribution in [-0.4, -0.2) is 51.2 Å². The van der Waals surface area contributed by atoms with E-state index in [2.05, 4.69) is 0 Å². The van der Waals surface area contributed by atoms with Gasteiger partial charge in [0.1, 0.15) is 0 Å². The minimum absolute atomic E-state index is 0.0491. The maximum atomic E-state index is 12.2. The molecule has 2 aromatic carbocycles. The number of hydrogen-bond acceptors (Lipinski definition) is 7. The van der Waals surface area contributed by atoms with Crippen LogP contribution in [0.5, 0.6) is 23.0 Å². The number of rotatable bonds is 13. The van der Waals surface area contributed by atoms with Gasteiger partial charge in [-0.25, -0.2) is 0 Å². The van der Waals surface area contributed by atoms with Crippen LogP contribution < -0.4 is 18.9 Å². The van der Waals surface area contributed by atoms with Crippen LogP contribution in [0.15, 0.2) is 48.6 Å². The Morgan fingerprint density at radius 3 is 1.78 bits per heavy atom. The molecule has 0 atom stereocenters. The van der Waals surface area contributed by atoms with Gasteiger partial charge in [0, 0.05) is 13.0 Å². The molecule has 0 amide bonds. The van der Waals surface area contributed by atoms with Gasteiger partial charge in [-0.3, -0.25) is 9.59 Å². The predicted octanol–water partition coefficient (Wildman–Crippen LogP) is 3.73. The van der Waals surface area contributed by atoms with Crippen molar-refractivity contribution in [1.82, 2.24) is 0 Å². The summed E-state index contributed by atoms with van der Waals surface area (Å²) < 4.78 is 21.3. The summed E-state index contributed by atoms with van der Waals surface area (Å²) in [5, 5.41) is 8.84. The Hall–Kier alpha value is -3.58. The lowest BCUT2D eigenvalue weighted by molar-refractivity contribution is -0.121. The van der Waals surface area contributed by atoms with Gasteiger partial charge in [-0.15, -0.1) is 0 Å². The average molecular weight is 440 g/mol. The first kappa shape index (κ1) is 24.7. The standard InChI is InChI=1S/C25H28O7/c1-29-22-11-7-18(15-24(22)30-2)5-9-20(27)17-21(28)10-6-19-8-12-23(25(16-19)31-3)32-14-4-13-26/h5-12,15-16,26H,4,13-14,17H2,1-3H3/b9-5+,10-6+. The smallest absolute Gasteiger partial charge is 0.163 e. The van der Waals surface area contributed by atoms with Crippen LogP contribution in [-0.2, 0) is 9.59 Å². The van der Waals surface area contributed by atoms with Crippen molar-refractivity contribution in [3.8, 4) is 23.0 Å². The van der Waals surface area contributed by atoms with E-state index in [4.69, 9.17) is 24.1 Å². The van der Waals surface area contributed by atoms with Gasteiger partial charge in [-0.1, -0.05) is 24.3 Å². The molecule has 2 rings (SSSR count). The van der Waals surface area contributed by atoms with E-state index in [0.717, 1.165) is 11.1 Å². The highest BCUT2D eigenvalue weighted by Gasteiger charge is 2.07. The zero-order chi connectivity index (χ0) is 23.3. The third-order valence-corrected chi connectivity index (χ3v) is 4.43. The summed E-state index contributed by atoms with van der Waals surface area (Å²) >= 11 is 0. The first-order valence-corrected chi connectivity index (χ1v) is 10.1. The van der Waals surface area contributed by atoms with Gasteiger partial charge in [-0.2, -0.15) is 0 Å². The lowest BCUT2D eigenvalue weighted by atomic mass is 10.1. The van der Waals surface area contributed by atoms with E-state index in [-0.39, 0.29) is 24.6 Å². The van der Waals surface area contributed by atoms with Crippen LogP contribution in [0.4, 0.5) is 0 Å². The third-order valence-electron chi connectivity index (χ3n) is 4.43. The van der Waals surface area contributed by atoms with Gasteiger partial charge >= 0.3 is 0 Å². The summed E-state index contributed by atoms with van der Waals surface area (Å²) in [6, 6.07) is 10.5. The second-order valence-corrected chi connectivity index (χ2v) is 6.73. The Kier molecular flexibility index (Phi) is 10.0. The van der Waals surface area contributed by atoms with Crippen molar-refractivity contribution in [2.45, 2.75) is 12.8 Å². The zero-order valence-corrected chi connectivity index (χ0v) is 18.5. The van der Waals surface area contributed by atoms with Crippen molar-refractivity contribution in [1.29, 1.82) is 0 Å². The van der Waals surface area contributed by atoms with E-state index in [1.165, 1.54) is 26.4 Å². The first-order chi connectivity index (χ1) is 15.5. The minimum atomic E-state index is -0.311. The fourth-order valence-corrected chi connectivity index (χ4v) is 2.78. The molecular formula is C25H28O7. The van der Waals surface area contributed by atoms with Gasteiger partial charge < -0.3 is 24.1 Å². The summed E-state index contributed by atoms with van der Waals surface area (Å²) in [5.41, 5.74) is 1.49. The number of ether oxygens (including phenoxy) is 4. The number of ketones is 2. The maximum absolute atomic E-state index is 12.2. The summed E-state index contributed by atoms with van der Waals surface area (Å²) in [5.74, 6) is 1.61. The average Bonchev–Trinajstić information content (AvgIpc) is 2.81. The molecule has 2 aromatic rings. The molecule has 32 heavy (non-hydrogen) atoms. The number of methoxy groups -OCH3 is 3. The second kappa shape index (κ2) is 13.0. The summed E-state index contributed by atoms with van der Waals surface area (Å²) in [4.78, 5) is 24.3. The molecule has 7 nitrogen and oxygen atoms in total. The molecule has 0 fully saturated rings. The number of aliphatic hydroxyl groups is 1. The first-order valence-electron chi connectivity index (χ1n) is 10.1. The Balaban J connectivity index is 1.95. The van der Waals surface area contributed by atoms with Crippen molar-refractivity contribution in [3.63, 3.8) is 0 Å². The number of benzene rings is 2. The van der Waals surface area contributed by atoms with Gasteiger partial charge in [-0.05, 0) is 47.5 Å². The SMILES string of the molecule is COc1ccc(/C=C/C(=O)CC(=O)/C=C/c2ccc(OCCCO)c(OC)c2)cc1OC. The van der Waals surface area contributed by atoms with Gasteiger partial charge in [0.05, 0.1) is 34.4 Å². The lowest BCUT2D eigenvalue weighted by Gasteiger charge is -2.10. The highest BCUT2D eigenvalue weighted by molar-refractivity contribution is 6.10. The summed E-state index contributed by atoms with van der Waals surface area (Å²) in [7, 11) is 4.61. The third kappa shape index (κ3) is 7.59.